The van der Waals surface area contributed by atoms with Gasteiger partial charge in [-0.05, 0) is 36.3 Å². The minimum absolute atomic E-state index is 0.146. The van der Waals surface area contributed by atoms with Crippen LogP contribution in [0.15, 0.2) is 18.2 Å². The monoisotopic (exact) mass is 396 g/mol. The second kappa shape index (κ2) is 9.93. The minimum Gasteiger partial charge on any atom is -0.492 e. The van der Waals surface area contributed by atoms with Crippen molar-refractivity contribution in [3.05, 3.63) is 23.8 Å². The summed E-state index contributed by atoms with van der Waals surface area (Å²) in [5.74, 6) is -3.61. The maximum absolute atomic E-state index is 12.2. The van der Waals surface area contributed by atoms with Gasteiger partial charge in [0.05, 0.1) is 33.2 Å². The molecule has 9 heteroatoms. The Bertz CT molecular complexity index is 715. The van der Waals surface area contributed by atoms with Gasteiger partial charge in [0.15, 0.2) is 5.75 Å². The van der Waals surface area contributed by atoms with Gasteiger partial charge in [0, 0.05) is 6.42 Å². The zero-order valence-electron chi connectivity index (χ0n) is 15.8. The zero-order chi connectivity index (χ0) is 20.7. The van der Waals surface area contributed by atoms with Gasteiger partial charge in [0.1, 0.15) is 0 Å². The predicted molar refractivity (Wildman–Crippen MR) is 94.9 cm³/mol. The Kier molecular flexibility index (Phi) is 7.62. The highest BCUT2D eigenvalue weighted by Gasteiger charge is 2.38. The van der Waals surface area contributed by atoms with E-state index in [1.54, 1.807) is 12.1 Å². The summed E-state index contributed by atoms with van der Waals surface area (Å²) >= 11 is 0. The standard InChI is InChI=1S/C19H24O9/c1-11-4-3-5-15(19(11)25-2)27-28-18(24)7-13-10-26-9-12(6-16(20)21)14(13)8-17(22)23/h3-5,12-14H,6-10H2,1-2H3,(H,20,21)(H,22,23). The Balaban J connectivity index is 2.01. The summed E-state index contributed by atoms with van der Waals surface area (Å²) in [6.45, 7) is 2.11. The molecule has 1 heterocycles. The molecule has 0 saturated carbocycles. The third-order valence-corrected chi connectivity index (χ3v) is 4.76. The number of para-hydroxylation sites is 1. The second-order valence-corrected chi connectivity index (χ2v) is 6.77. The van der Waals surface area contributed by atoms with E-state index >= 15 is 0 Å². The third kappa shape index (κ3) is 5.85. The summed E-state index contributed by atoms with van der Waals surface area (Å²) in [4.78, 5) is 44.4. The molecule has 1 aliphatic rings. The number of benzene rings is 1. The molecule has 1 aromatic rings. The summed E-state index contributed by atoms with van der Waals surface area (Å²) in [7, 11) is 1.47. The van der Waals surface area contributed by atoms with E-state index in [-0.39, 0.29) is 38.2 Å². The Hall–Kier alpha value is -2.81. The predicted octanol–water partition coefficient (Wildman–Crippen LogP) is 2.06. The normalized spacial score (nSPS) is 21.6. The highest BCUT2D eigenvalue weighted by Crippen LogP contribution is 2.35. The Morgan fingerprint density at radius 3 is 2.32 bits per heavy atom. The molecule has 0 amide bonds. The number of rotatable bonds is 9. The number of aryl methyl sites for hydroxylation is 1. The summed E-state index contributed by atoms with van der Waals surface area (Å²) < 4.78 is 10.6. The van der Waals surface area contributed by atoms with Crippen molar-refractivity contribution in [2.75, 3.05) is 20.3 Å². The Morgan fingerprint density at radius 2 is 1.71 bits per heavy atom. The molecular formula is C19H24O9. The van der Waals surface area contributed by atoms with Crippen LogP contribution >= 0.6 is 0 Å². The van der Waals surface area contributed by atoms with Crippen LogP contribution in [0.5, 0.6) is 11.5 Å². The molecule has 3 atom stereocenters. The number of aliphatic carboxylic acids is 2. The van der Waals surface area contributed by atoms with Gasteiger partial charge in [-0.3, -0.25) is 19.4 Å². The Labute approximate surface area is 162 Å². The molecule has 0 aromatic heterocycles. The molecule has 1 aromatic carbocycles. The fraction of sp³-hybridized carbons (Fsp3) is 0.526. The molecule has 1 aliphatic heterocycles. The molecule has 9 nitrogen and oxygen atoms in total. The molecule has 0 spiro atoms. The number of carbonyl (C=O) groups is 3. The van der Waals surface area contributed by atoms with Crippen LogP contribution in [0.2, 0.25) is 0 Å². The average molecular weight is 396 g/mol. The first kappa shape index (κ1) is 21.5. The molecule has 3 unspecified atom stereocenters. The summed E-state index contributed by atoms with van der Waals surface area (Å²) in [6, 6.07) is 5.11. The van der Waals surface area contributed by atoms with Gasteiger partial charge in [-0.2, -0.15) is 0 Å². The van der Waals surface area contributed by atoms with Crippen molar-refractivity contribution < 1.29 is 43.8 Å². The lowest BCUT2D eigenvalue weighted by Gasteiger charge is -2.36. The highest BCUT2D eigenvalue weighted by atomic mass is 17.2. The van der Waals surface area contributed by atoms with Gasteiger partial charge < -0.3 is 19.7 Å². The van der Waals surface area contributed by atoms with Gasteiger partial charge in [-0.25, -0.2) is 4.79 Å². The van der Waals surface area contributed by atoms with E-state index in [1.165, 1.54) is 7.11 Å². The smallest absolute Gasteiger partial charge is 0.355 e. The maximum atomic E-state index is 12.2. The van der Waals surface area contributed by atoms with Crippen LogP contribution in [0.1, 0.15) is 24.8 Å². The van der Waals surface area contributed by atoms with Crippen LogP contribution in [0.4, 0.5) is 0 Å². The molecule has 2 N–H and O–H groups in total. The molecule has 0 aliphatic carbocycles. The Morgan fingerprint density at radius 1 is 1.07 bits per heavy atom. The molecule has 1 fully saturated rings. The minimum atomic E-state index is -1.05. The van der Waals surface area contributed by atoms with Crippen molar-refractivity contribution >= 4 is 17.9 Å². The molecular weight excluding hydrogens is 372 g/mol. The largest absolute Gasteiger partial charge is 0.492 e. The number of hydrogen-bond acceptors (Lipinski definition) is 7. The lowest BCUT2D eigenvalue weighted by Crippen LogP contribution is -2.39. The van der Waals surface area contributed by atoms with E-state index in [2.05, 4.69) is 0 Å². The zero-order valence-corrected chi connectivity index (χ0v) is 15.8. The summed E-state index contributed by atoms with van der Waals surface area (Å²) in [5.41, 5.74) is 0.801. The SMILES string of the molecule is COc1c(C)cccc1OOC(=O)CC1COCC(CC(=O)O)C1CC(=O)O. The van der Waals surface area contributed by atoms with E-state index in [0.717, 1.165) is 5.56 Å². The third-order valence-electron chi connectivity index (χ3n) is 4.76. The van der Waals surface area contributed by atoms with Crippen LogP contribution in [-0.4, -0.2) is 48.4 Å². The van der Waals surface area contributed by atoms with Crippen LogP contribution in [0.25, 0.3) is 0 Å². The molecule has 154 valence electrons. The fourth-order valence-electron chi connectivity index (χ4n) is 3.47. The van der Waals surface area contributed by atoms with Crippen LogP contribution in [0, 0.1) is 24.7 Å². The molecule has 2 rings (SSSR count). The van der Waals surface area contributed by atoms with Crippen LogP contribution in [0.3, 0.4) is 0 Å². The number of ether oxygens (including phenoxy) is 2. The average Bonchev–Trinajstić information content (AvgIpc) is 2.62. The summed E-state index contributed by atoms with van der Waals surface area (Å²) in [6.07, 6.45) is -0.617. The van der Waals surface area contributed by atoms with Crippen molar-refractivity contribution in [2.45, 2.75) is 26.2 Å². The van der Waals surface area contributed by atoms with Crippen molar-refractivity contribution in [1.82, 2.24) is 0 Å². The van der Waals surface area contributed by atoms with Gasteiger partial charge >= 0.3 is 17.9 Å². The molecule has 0 radical (unpaired) electrons. The van der Waals surface area contributed by atoms with Gasteiger partial charge in [0.2, 0.25) is 5.75 Å². The first-order valence-corrected chi connectivity index (χ1v) is 8.84. The quantitative estimate of drug-likeness (QED) is 0.476. The van der Waals surface area contributed by atoms with Crippen molar-refractivity contribution in [3.63, 3.8) is 0 Å². The van der Waals surface area contributed by atoms with Crippen molar-refractivity contribution in [3.8, 4) is 11.5 Å². The topological polar surface area (TPSA) is 129 Å². The van der Waals surface area contributed by atoms with Crippen molar-refractivity contribution in [1.29, 1.82) is 0 Å². The first-order chi connectivity index (χ1) is 13.3. The van der Waals surface area contributed by atoms with E-state index in [0.29, 0.717) is 5.75 Å². The van der Waals surface area contributed by atoms with E-state index in [9.17, 15) is 14.4 Å². The van der Waals surface area contributed by atoms with Crippen molar-refractivity contribution in [2.24, 2.45) is 17.8 Å². The first-order valence-electron chi connectivity index (χ1n) is 8.84. The second-order valence-electron chi connectivity index (χ2n) is 6.77. The highest BCUT2D eigenvalue weighted by molar-refractivity contribution is 5.71. The lowest BCUT2D eigenvalue weighted by molar-refractivity contribution is -0.217. The lowest BCUT2D eigenvalue weighted by atomic mass is 9.75. The summed E-state index contributed by atoms with van der Waals surface area (Å²) in [5, 5.41) is 18.2. The van der Waals surface area contributed by atoms with E-state index in [4.69, 9.17) is 29.5 Å². The number of carboxylic acid groups (broad SMARTS) is 2. The van der Waals surface area contributed by atoms with E-state index in [1.807, 2.05) is 13.0 Å². The van der Waals surface area contributed by atoms with Crippen LogP contribution in [-0.2, 0) is 24.0 Å². The number of carbonyl (C=O) groups excluding carboxylic acids is 1. The van der Waals surface area contributed by atoms with Crippen LogP contribution < -0.4 is 9.62 Å². The maximum Gasteiger partial charge on any atom is 0.355 e. The van der Waals surface area contributed by atoms with E-state index < -0.39 is 35.7 Å². The van der Waals surface area contributed by atoms with Gasteiger partial charge in [0.25, 0.3) is 0 Å². The molecule has 28 heavy (non-hydrogen) atoms. The van der Waals surface area contributed by atoms with Gasteiger partial charge in [-0.15, -0.1) is 0 Å². The number of hydrogen-bond donors (Lipinski definition) is 2. The molecule has 0 bridgehead atoms. The number of carboxylic acids is 2. The number of methoxy groups -OCH3 is 1. The fourth-order valence-corrected chi connectivity index (χ4v) is 3.47. The molecule has 1 saturated heterocycles. The van der Waals surface area contributed by atoms with Gasteiger partial charge in [-0.1, -0.05) is 12.1 Å².